The molecular formula is C56H102. The lowest BCUT2D eigenvalue weighted by atomic mass is 9.35. The summed E-state index contributed by atoms with van der Waals surface area (Å²) in [4.78, 5) is 0. The Labute approximate surface area is 353 Å². The predicted octanol–water partition coefficient (Wildman–Crippen LogP) is 17.3. The molecule has 326 valence electrons. The number of hydrogen-bond donors (Lipinski definition) is 0. The van der Waals surface area contributed by atoms with Crippen molar-refractivity contribution in [2.75, 3.05) is 0 Å². The van der Waals surface area contributed by atoms with Crippen LogP contribution in [0.1, 0.15) is 223 Å². The van der Waals surface area contributed by atoms with Crippen LogP contribution in [0.3, 0.4) is 0 Å². The van der Waals surface area contributed by atoms with E-state index in [0.29, 0.717) is 33.0 Å². The molecule has 6 rings (SSSR count). The summed E-state index contributed by atoms with van der Waals surface area (Å²) in [5.41, 5.74) is 3.14. The van der Waals surface area contributed by atoms with Crippen LogP contribution in [-0.4, -0.2) is 0 Å². The summed E-state index contributed by atoms with van der Waals surface area (Å²) in [6.07, 6.45) is 14.9. The highest BCUT2D eigenvalue weighted by molar-refractivity contribution is 5.29. The van der Waals surface area contributed by atoms with Crippen LogP contribution in [0.15, 0.2) is 0 Å². The molecule has 0 nitrogen and oxygen atoms in total. The molecule has 0 aliphatic heterocycles. The van der Waals surface area contributed by atoms with Crippen molar-refractivity contribution in [2.24, 2.45) is 131 Å². The van der Waals surface area contributed by atoms with Crippen molar-refractivity contribution < 1.29 is 0 Å². The molecule has 6 fully saturated rings. The van der Waals surface area contributed by atoms with Crippen LogP contribution in [0.4, 0.5) is 0 Å². The third kappa shape index (κ3) is 5.25. The van der Waals surface area contributed by atoms with Gasteiger partial charge in [0.1, 0.15) is 0 Å². The first kappa shape index (κ1) is 45.5. The summed E-state index contributed by atoms with van der Waals surface area (Å²) in [6.45, 7) is 62.2. The SMILES string of the molecule is CCC(C)C(C)C(C)C(C)C(C)C1(C2(C)CC3(C)CC2CCC3C)CC2CC3(C4CCC3C2C(C)(C(C)(C)C(C)(C)C(C)(C)C(C)(C)C(C)(C)C(C)C)C4)C1C. The van der Waals surface area contributed by atoms with Gasteiger partial charge in [0, 0.05) is 0 Å². The lowest BCUT2D eigenvalue weighted by Crippen LogP contribution is -2.63. The van der Waals surface area contributed by atoms with Gasteiger partial charge >= 0.3 is 0 Å². The average molecular weight is 775 g/mol. The second kappa shape index (κ2) is 13.5. The number of hydrogen-bond acceptors (Lipinski definition) is 0. The van der Waals surface area contributed by atoms with Crippen molar-refractivity contribution >= 4 is 0 Å². The molecule has 0 aromatic heterocycles. The topological polar surface area (TPSA) is 0 Å². The van der Waals surface area contributed by atoms with Gasteiger partial charge in [0.05, 0.1) is 0 Å². The molecule has 0 aromatic carbocycles. The zero-order valence-corrected chi connectivity index (χ0v) is 42.6. The van der Waals surface area contributed by atoms with E-state index in [1.807, 2.05) is 0 Å². The fourth-order valence-corrected chi connectivity index (χ4v) is 19.6. The maximum Gasteiger partial charge on any atom is -0.0179 e. The zero-order valence-electron chi connectivity index (χ0n) is 42.6. The predicted molar refractivity (Wildman–Crippen MR) is 246 cm³/mol. The van der Waals surface area contributed by atoms with E-state index in [-0.39, 0.29) is 27.1 Å². The van der Waals surface area contributed by atoms with Gasteiger partial charge in [0.15, 0.2) is 0 Å². The summed E-state index contributed by atoms with van der Waals surface area (Å²) < 4.78 is 0. The smallest absolute Gasteiger partial charge is 0.0179 e. The molecule has 0 aromatic rings. The van der Waals surface area contributed by atoms with Crippen molar-refractivity contribution in [1.29, 1.82) is 0 Å². The Hall–Kier alpha value is 0. The number of fused-ring (bicyclic) bond motifs is 4. The minimum Gasteiger partial charge on any atom is -0.0651 e. The Bertz CT molecular complexity index is 1450. The summed E-state index contributed by atoms with van der Waals surface area (Å²) >= 11 is 0. The molecular weight excluding hydrogens is 673 g/mol. The van der Waals surface area contributed by atoms with Crippen LogP contribution in [-0.2, 0) is 0 Å². The van der Waals surface area contributed by atoms with Crippen LogP contribution in [0.5, 0.6) is 0 Å². The first-order chi connectivity index (χ1) is 25.3. The van der Waals surface area contributed by atoms with Crippen LogP contribution in [0.25, 0.3) is 0 Å². The Morgan fingerprint density at radius 2 is 1.18 bits per heavy atom. The van der Waals surface area contributed by atoms with Crippen molar-refractivity contribution in [2.45, 2.75) is 223 Å². The molecule has 0 heterocycles. The summed E-state index contributed by atoms with van der Waals surface area (Å²) in [7, 11) is 0. The van der Waals surface area contributed by atoms with E-state index in [1.165, 1.54) is 57.8 Å². The van der Waals surface area contributed by atoms with E-state index in [9.17, 15) is 0 Å². The molecule has 0 amide bonds. The molecule has 17 unspecified atom stereocenters. The first-order valence-electron chi connectivity index (χ1n) is 25.3. The van der Waals surface area contributed by atoms with Crippen molar-refractivity contribution in [1.82, 2.24) is 0 Å². The van der Waals surface area contributed by atoms with Crippen molar-refractivity contribution in [3.05, 3.63) is 0 Å². The van der Waals surface area contributed by atoms with Crippen molar-refractivity contribution in [3.8, 4) is 0 Å². The quantitative estimate of drug-likeness (QED) is 0.175. The van der Waals surface area contributed by atoms with E-state index in [2.05, 4.69) is 159 Å². The zero-order chi connectivity index (χ0) is 42.6. The molecule has 0 radical (unpaired) electrons. The van der Waals surface area contributed by atoms with E-state index in [0.717, 1.165) is 71.0 Å². The second-order valence-electron chi connectivity index (χ2n) is 27.8. The number of rotatable bonds is 13. The van der Waals surface area contributed by atoms with Crippen LogP contribution in [0, 0.1) is 131 Å². The Morgan fingerprint density at radius 3 is 1.71 bits per heavy atom. The van der Waals surface area contributed by atoms with Crippen molar-refractivity contribution in [3.63, 3.8) is 0 Å². The molecule has 7 bridgehead atoms. The Kier molecular flexibility index (Phi) is 11.0. The molecule has 56 heavy (non-hydrogen) atoms. The summed E-state index contributed by atoms with van der Waals surface area (Å²) in [6, 6.07) is 0. The fraction of sp³-hybridized carbons (Fsp3) is 1.00. The standard InChI is InChI=1S/C56H102/c1-24-35(4)37(6)38(7)39(8)40(9)56(54(23)33-52(21)31-43(54)26-25-36(52)5)30-42-29-55(41(56)10)44-27-28-45(55)46(42)53(22,32-44)51(19,20)50(17,18)49(15,16)48(13,14)47(11,12)34(2)3/h34-46H,24-33H2,1-23H3. The van der Waals surface area contributed by atoms with Gasteiger partial charge in [-0.3, -0.25) is 0 Å². The van der Waals surface area contributed by atoms with Gasteiger partial charge in [0.2, 0.25) is 0 Å². The second-order valence-corrected chi connectivity index (χ2v) is 27.8. The van der Waals surface area contributed by atoms with E-state index < -0.39 is 0 Å². The third-order valence-corrected chi connectivity index (χ3v) is 27.0. The molecule has 17 atom stereocenters. The average Bonchev–Trinajstić information content (AvgIpc) is 3.59. The monoisotopic (exact) mass is 775 g/mol. The highest BCUT2D eigenvalue weighted by atomic mass is 14.8. The fourth-order valence-electron chi connectivity index (χ4n) is 19.6. The van der Waals surface area contributed by atoms with Gasteiger partial charge in [-0.25, -0.2) is 0 Å². The maximum atomic E-state index is 2.96. The van der Waals surface area contributed by atoms with Crippen LogP contribution >= 0.6 is 0 Å². The van der Waals surface area contributed by atoms with Gasteiger partial charge in [-0.05, 0) is 189 Å². The van der Waals surface area contributed by atoms with E-state index in [1.54, 1.807) is 6.42 Å². The molecule has 6 aliphatic carbocycles. The lowest BCUT2D eigenvalue weighted by molar-refractivity contribution is -0.216. The Morgan fingerprint density at radius 1 is 0.607 bits per heavy atom. The van der Waals surface area contributed by atoms with Crippen LogP contribution in [0.2, 0.25) is 0 Å². The first-order valence-corrected chi connectivity index (χ1v) is 25.3. The Balaban J connectivity index is 1.51. The van der Waals surface area contributed by atoms with Crippen LogP contribution < -0.4 is 0 Å². The van der Waals surface area contributed by atoms with Gasteiger partial charge in [0.25, 0.3) is 0 Å². The third-order valence-electron chi connectivity index (χ3n) is 27.0. The van der Waals surface area contributed by atoms with E-state index in [4.69, 9.17) is 0 Å². The molecule has 0 heteroatoms. The molecule has 0 saturated heterocycles. The highest BCUT2D eigenvalue weighted by Gasteiger charge is 2.81. The lowest BCUT2D eigenvalue weighted by Gasteiger charge is -2.69. The summed E-state index contributed by atoms with van der Waals surface area (Å²) in [5, 5.41) is 0. The molecule has 6 aliphatic rings. The van der Waals surface area contributed by atoms with Gasteiger partial charge in [-0.1, -0.05) is 166 Å². The normalized spacial score (nSPS) is 45.5. The largest absolute Gasteiger partial charge is 0.0651 e. The molecule has 6 saturated carbocycles. The maximum absolute atomic E-state index is 2.96. The van der Waals surface area contributed by atoms with E-state index >= 15 is 0 Å². The molecule has 0 N–H and O–H groups in total. The summed E-state index contributed by atoms with van der Waals surface area (Å²) in [5.74, 6) is 10.7. The minimum absolute atomic E-state index is 0.145. The highest BCUT2D eigenvalue weighted by Crippen LogP contribution is 2.87. The molecule has 1 spiro atoms. The van der Waals surface area contributed by atoms with Gasteiger partial charge in [-0.15, -0.1) is 0 Å². The minimum atomic E-state index is 0.145. The van der Waals surface area contributed by atoms with Gasteiger partial charge < -0.3 is 0 Å². The van der Waals surface area contributed by atoms with Gasteiger partial charge in [-0.2, -0.15) is 0 Å².